The van der Waals surface area contributed by atoms with E-state index in [-0.39, 0.29) is 49.4 Å². The Morgan fingerprint density at radius 3 is 1.23 bits per heavy atom. The zero-order valence-corrected chi connectivity index (χ0v) is 36.4. The van der Waals surface area contributed by atoms with Crippen LogP contribution in [0.4, 0.5) is 4.79 Å². The first-order valence-electron chi connectivity index (χ1n) is 18.9. The normalized spacial score (nSPS) is 11.0. The first kappa shape index (κ1) is 52.5. The van der Waals surface area contributed by atoms with Crippen LogP contribution < -0.4 is 0 Å². The van der Waals surface area contributed by atoms with Crippen LogP contribution in [0.15, 0.2) is 112 Å². The number of nitrogens with one attached hydrogen (secondary N) is 1. The summed E-state index contributed by atoms with van der Waals surface area (Å²) in [5, 5.41) is 25.7. The van der Waals surface area contributed by atoms with E-state index in [9.17, 15) is 33.6 Å². The molecule has 0 aromatic carbocycles. The van der Waals surface area contributed by atoms with Gasteiger partial charge < -0.3 is 20.3 Å². The molecule has 27 heteroatoms. The van der Waals surface area contributed by atoms with E-state index in [4.69, 9.17) is 26.3 Å². The van der Waals surface area contributed by atoms with E-state index >= 15 is 0 Å². The highest BCUT2D eigenvalue weighted by molar-refractivity contribution is 14.1. The molecule has 0 aliphatic heterocycles. The van der Waals surface area contributed by atoms with Crippen LogP contribution in [0.3, 0.4) is 0 Å². The Balaban J connectivity index is 0.000000467. The molecule has 0 aliphatic carbocycles. The highest BCUT2D eigenvalue weighted by atomic mass is 127. The third-order valence-electron chi connectivity index (χ3n) is 7.78. The highest BCUT2D eigenvalue weighted by Crippen LogP contribution is 2.10. The van der Waals surface area contributed by atoms with Crippen molar-refractivity contribution in [3.63, 3.8) is 0 Å². The summed E-state index contributed by atoms with van der Waals surface area (Å²) in [6.07, 6.45) is 28.3. The quantitative estimate of drug-likeness (QED) is 0.0886. The van der Waals surface area contributed by atoms with Crippen LogP contribution in [0.5, 0.6) is 0 Å². The number of carbonyl (C=O) groups is 7. The average molecular weight is 1010 g/mol. The van der Waals surface area contributed by atoms with Gasteiger partial charge in [0, 0.05) is 75.7 Å². The van der Waals surface area contributed by atoms with Crippen molar-refractivity contribution in [1.29, 1.82) is 0 Å². The Kier molecular flexibility index (Phi) is 25.7. The van der Waals surface area contributed by atoms with Crippen molar-refractivity contribution in [3.05, 3.63) is 112 Å². The fourth-order valence-electron chi connectivity index (χ4n) is 5.06. The number of rotatable bonds is 14. The fraction of sp³-hybridized carbons (Fsp3) is 0.297. The number of halogens is 1. The predicted octanol–water partition coefficient (Wildman–Crippen LogP) is 1.47. The van der Waals surface area contributed by atoms with E-state index < -0.39 is 43.1 Å². The van der Waals surface area contributed by atoms with Crippen LogP contribution in [0.1, 0.15) is 42.4 Å². The number of H-pyrrole nitrogens is 1. The number of aromatic amines is 1. The van der Waals surface area contributed by atoms with Crippen LogP contribution in [0, 0.1) is 0 Å². The van der Waals surface area contributed by atoms with Gasteiger partial charge in [-0.2, -0.15) is 9.59 Å². The number of aliphatic carboxylic acids is 3. The molecule has 0 spiro atoms. The lowest BCUT2D eigenvalue weighted by Gasteiger charge is -2.28. The van der Waals surface area contributed by atoms with Gasteiger partial charge in [-0.25, -0.2) is 34.7 Å². The molecule has 0 radical (unpaired) electrons. The van der Waals surface area contributed by atoms with Gasteiger partial charge in [-0.05, 0) is 17.7 Å². The summed E-state index contributed by atoms with van der Waals surface area (Å²) >= 11 is 1.96. The number of imidazole rings is 6. The second kappa shape index (κ2) is 31.3. The van der Waals surface area contributed by atoms with Gasteiger partial charge in [-0.1, -0.05) is 36.4 Å². The van der Waals surface area contributed by atoms with Gasteiger partial charge in [0.25, 0.3) is 0 Å². The average Bonchev–Trinajstić information content (AvgIpc) is 4.12. The SMILES string of the molecule is CCC(C(=O)O)N(CC(=O)O)CC(=O)O.CCC(C(=O)n1ccnc1)N(CC(=O)n1ccnc1)CC(=O)n1ccnc1.O=C(n1ccnc1)n1ccnc1.O=C=O.[2H]CI.c1c[nH]cn1. The predicted molar refractivity (Wildman–Crippen MR) is 227 cm³/mol. The zero-order chi connectivity index (χ0) is 48.6. The second-order valence-corrected chi connectivity index (χ2v) is 11.9. The number of hydrogen-bond acceptors (Lipinski definition) is 17. The smallest absolute Gasteiger partial charge is 0.373 e. The molecule has 26 nitrogen and oxygen atoms in total. The van der Waals surface area contributed by atoms with Crippen molar-refractivity contribution in [2.75, 3.05) is 31.1 Å². The van der Waals surface area contributed by atoms with Crippen LogP contribution in [-0.4, -0.2) is 174 Å². The lowest BCUT2D eigenvalue weighted by molar-refractivity contribution is -0.191. The maximum atomic E-state index is 12.8. The van der Waals surface area contributed by atoms with Crippen molar-refractivity contribution in [1.82, 2.24) is 67.5 Å². The number of carbonyl (C=O) groups excluding carboxylic acids is 6. The molecule has 4 N–H and O–H groups in total. The monoisotopic (exact) mass is 1010 g/mol. The summed E-state index contributed by atoms with van der Waals surface area (Å²) in [6, 6.07) is -1.94. The van der Waals surface area contributed by atoms with E-state index in [0.717, 1.165) is 4.90 Å². The number of nitrogens with zero attached hydrogens (tertiary/aromatic N) is 13. The molecule has 0 fully saturated rings. The van der Waals surface area contributed by atoms with E-state index in [1.54, 1.807) is 61.5 Å². The van der Waals surface area contributed by atoms with Gasteiger partial charge in [0.2, 0.25) is 17.7 Å². The number of carboxylic acid groups (broad SMARTS) is 3. The molecule has 2 unspecified atom stereocenters. The van der Waals surface area contributed by atoms with Crippen molar-refractivity contribution < 1.29 is 59.8 Å². The molecular weight excluding hydrogens is 959 g/mol. The molecule has 0 bridgehead atoms. The number of carboxylic acids is 3. The van der Waals surface area contributed by atoms with Crippen LogP contribution in [0.2, 0.25) is 0 Å². The maximum absolute atomic E-state index is 12.8. The van der Waals surface area contributed by atoms with E-state index in [2.05, 4.69) is 34.9 Å². The van der Waals surface area contributed by atoms with Gasteiger partial charge in [0.05, 0.1) is 38.5 Å². The summed E-state index contributed by atoms with van der Waals surface area (Å²) in [4.78, 5) is 126. The third-order valence-corrected chi connectivity index (χ3v) is 7.78. The van der Waals surface area contributed by atoms with Crippen molar-refractivity contribution in [3.8, 4) is 0 Å². The molecule has 0 amide bonds. The zero-order valence-electron chi connectivity index (χ0n) is 35.2. The standard InChI is InChI=1S/C17H19N7O3.C8H13NO6.C7H6N4O.C3H4N2.CH3I.CO2/c1-2-14(17(27)23-8-5-20-13-23)24(9-15(25)21-6-3-18-11-21)10-16(26)22-7-4-19-12-22;1-2-5(8(14)15)9(3-6(10)11)4-7(12)13;12-7(10-3-1-8-5-10)11-4-2-9-6-11;1-2-5-3-4-1;1-2;2-1-3/h3-8,11-14H,2,9-10H2,1H3;5H,2-4H2,1H3,(H,10,11)(H,12,13)(H,14,15);1-6H;1-3H,(H,4,5);1H3;/i;;;;1D;. The molecule has 0 aliphatic rings. The Labute approximate surface area is 378 Å². The van der Waals surface area contributed by atoms with Gasteiger partial charge in [0.15, 0.2) is 0 Å². The van der Waals surface area contributed by atoms with E-state index in [1.165, 1.54) is 85.5 Å². The van der Waals surface area contributed by atoms with Gasteiger partial charge in [0.1, 0.15) is 37.7 Å². The van der Waals surface area contributed by atoms with E-state index in [1.807, 2.05) is 29.5 Å². The Hall–Kier alpha value is -7.62. The molecule has 0 saturated carbocycles. The maximum Gasteiger partial charge on any atom is 0.373 e. The highest BCUT2D eigenvalue weighted by Gasteiger charge is 2.30. The number of aromatic nitrogens is 12. The summed E-state index contributed by atoms with van der Waals surface area (Å²) in [6.45, 7) is 1.95. The molecule has 2 atom stereocenters. The molecule has 6 aromatic rings. The van der Waals surface area contributed by atoms with Crippen molar-refractivity contribution >= 4 is 70.4 Å². The molecular formula is C37H45IN14O12. The minimum absolute atomic E-state index is 0.115. The summed E-state index contributed by atoms with van der Waals surface area (Å²) in [5.41, 5.74) is 0. The van der Waals surface area contributed by atoms with E-state index in [0.29, 0.717) is 11.3 Å². The first-order chi connectivity index (χ1) is 31.2. The second-order valence-electron chi connectivity index (χ2n) is 11.9. The lowest BCUT2D eigenvalue weighted by Crippen LogP contribution is -2.49. The minimum Gasteiger partial charge on any atom is -0.480 e. The number of hydrogen-bond donors (Lipinski definition) is 4. The Morgan fingerprint density at radius 2 is 0.969 bits per heavy atom. The first-order valence-corrected chi connectivity index (χ1v) is 19.7. The van der Waals surface area contributed by atoms with Gasteiger partial charge in [-0.15, -0.1) is 0 Å². The van der Waals surface area contributed by atoms with Crippen molar-refractivity contribution in [2.24, 2.45) is 0 Å². The Morgan fingerprint density at radius 1 is 0.609 bits per heavy atom. The number of alkyl halides is 1. The molecule has 342 valence electrons. The van der Waals surface area contributed by atoms with Crippen LogP contribution >= 0.6 is 22.6 Å². The van der Waals surface area contributed by atoms with Gasteiger partial charge in [-0.3, -0.25) is 61.4 Å². The fourth-order valence-corrected chi connectivity index (χ4v) is 5.06. The van der Waals surface area contributed by atoms with Gasteiger partial charge >= 0.3 is 30.1 Å². The topological polar surface area (TPSA) is 339 Å². The van der Waals surface area contributed by atoms with Crippen LogP contribution in [0.25, 0.3) is 0 Å². The summed E-state index contributed by atoms with van der Waals surface area (Å²) < 4.78 is 12.9. The summed E-state index contributed by atoms with van der Waals surface area (Å²) in [5.74, 6) is -4.57. The molecule has 6 aromatic heterocycles. The lowest BCUT2D eigenvalue weighted by atomic mass is 10.1. The summed E-state index contributed by atoms with van der Waals surface area (Å²) in [7, 11) is 0. The Bertz CT molecular complexity index is 2150. The minimum atomic E-state index is -1.25. The molecule has 64 heavy (non-hydrogen) atoms. The largest absolute Gasteiger partial charge is 0.480 e. The molecule has 6 heterocycles. The van der Waals surface area contributed by atoms with Crippen molar-refractivity contribution in [2.45, 2.75) is 38.8 Å². The molecule has 0 saturated heterocycles. The molecule has 6 rings (SSSR count). The van der Waals surface area contributed by atoms with Crippen LogP contribution in [-0.2, 0) is 24.0 Å². The third kappa shape index (κ3) is 19.8.